The van der Waals surface area contributed by atoms with E-state index in [-0.39, 0.29) is 11.3 Å². The molecule has 0 amide bonds. The smallest absolute Gasteiger partial charge is 0.347 e. The second kappa shape index (κ2) is 6.75. The molecule has 0 atom stereocenters. The van der Waals surface area contributed by atoms with Gasteiger partial charge in [0.25, 0.3) is 0 Å². The molecule has 0 bridgehead atoms. The number of allylic oxidation sites excluding steroid dienone is 3. The molecule has 0 radical (unpaired) electrons. The van der Waals surface area contributed by atoms with Crippen LogP contribution in [0.15, 0.2) is 60.4 Å². The Labute approximate surface area is 124 Å². The van der Waals surface area contributed by atoms with Gasteiger partial charge in [-0.2, -0.15) is 0 Å². The molecule has 21 heavy (non-hydrogen) atoms. The van der Waals surface area contributed by atoms with Crippen LogP contribution in [0.1, 0.15) is 30.6 Å². The lowest BCUT2D eigenvalue weighted by Crippen LogP contribution is -2.04. The first kappa shape index (κ1) is 14.9. The van der Waals surface area contributed by atoms with Crippen molar-refractivity contribution in [3.8, 4) is 5.75 Å². The Balaban J connectivity index is 2.31. The van der Waals surface area contributed by atoms with Gasteiger partial charge in [0.15, 0.2) is 0 Å². The molecule has 0 fully saturated rings. The molecule has 3 heteroatoms. The molecule has 0 unspecified atom stereocenters. The number of aromatic hydroxyl groups is 1. The molecule has 2 rings (SSSR count). The summed E-state index contributed by atoms with van der Waals surface area (Å²) in [5.74, 6) is -0.144. The van der Waals surface area contributed by atoms with Crippen molar-refractivity contribution in [3.05, 3.63) is 65.9 Å². The lowest BCUT2D eigenvalue weighted by molar-refractivity contribution is 0.0633. The number of hydrogen-bond acceptors (Lipinski definition) is 3. The van der Waals surface area contributed by atoms with Gasteiger partial charge in [0, 0.05) is 5.39 Å². The third-order valence-corrected chi connectivity index (χ3v) is 3.13. The van der Waals surface area contributed by atoms with Crippen molar-refractivity contribution in [2.75, 3.05) is 0 Å². The molecule has 0 aliphatic rings. The van der Waals surface area contributed by atoms with E-state index in [1.165, 1.54) is 0 Å². The minimum Gasteiger partial charge on any atom is -0.506 e. The third-order valence-electron chi connectivity index (χ3n) is 3.13. The molecule has 108 valence electrons. The fourth-order valence-electron chi connectivity index (χ4n) is 2.01. The Morgan fingerprint density at radius 3 is 2.71 bits per heavy atom. The van der Waals surface area contributed by atoms with Gasteiger partial charge in [-0.3, -0.25) is 0 Å². The van der Waals surface area contributed by atoms with Gasteiger partial charge in [-0.05, 0) is 36.9 Å². The second-order valence-corrected chi connectivity index (χ2v) is 4.57. The minimum atomic E-state index is -0.563. The summed E-state index contributed by atoms with van der Waals surface area (Å²) in [6.45, 7) is 3.80. The van der Waals surface area contributed by atoms with Crippen LogP contribution in [0, 0.1) is 0 Å². The molecule has 2 aromatic rings. The van der Waals surface area contributed by atoms with Gasteiger partial charge >= 0.3 is 5.97 Å². The van der Waals surface area contributed by atoms with Crippen molar-refractivity contribution < 1.29 is 14.6 Å². The van der Waals surface area contributed by atoms with Gasteiger partial charge in [-0.15, -0.1) is 0 Å². The van der Waals surface area contributed by atoms with Crippen molar-refractivity contribution in [1.29, 1.82) is 0 Å². The summed E-state index contributed by atoms with van der Waals surface area (Å²) in [7, 11) is 0. The summed E-state index contributed by atoms with van der Waals surface area (Å²) in [5.41, 5.74) is 0.165. The number of rotatable bonds is 4. The minimum absolute atomic E-state index is 0.0481. The van der Waals surface area contributed by atoms with Gasteiger partial charge in [-0.1, -0.05) is 43.3 Å². The topological polar surface area (TPSA) is 46.5 Å². The molecule has 0 spiro atoms. The average molecular weight is 282 g/mol. The molecule has 0 aromatic heterocycles. The van der Waals surface area contributed by atoms with E-state index in [1.54, 1.807) is 37.3 Å². The molecular formula is C18H18O3. The number of carbonyl (C=O) groups is 1. The van der Waals surface area contributed by atoms with Crippen LogP contribution in [-0.2, 0) is 4.74 Å². The zero-order chi connectivity index (χ0) is 15.2. The van der Waals surface area contributed by atoms with E-state index >= 15 is 0 Å². The number of fused-ring (bicyclic) bond motifs is 1. The summed E-state index contributed by atoms with van der Waals surface area (Å²) in [4.78, 5) is 12.2. The highest BCUT2D eigenvalue weighted by atomic mass is 16.5. The van der Waals surface area contributed by atoms with Crippen molar-refractivity contribution in [2.45, 2.75) is 20.3 Å². The molecule has 0 heterocycles. The van der Waals surface area contributed by atoms with Gasteiger partial charge in [0.05, 0.1) is 0 Å². The van der Waals surface area contributed by atoms with Crippen molar-refractivity contribution in [2.24, 2.45) is 0 Å². The summed E-state index contributed by atoms with van der Waals surface area (Å²) in [6.07, 6.45) is 6.22. The Bertz CT molecular complexity index is 711. The number of phenols is 1. The van der Waals surface area contributed by atoms with Crippen LogP contribution < -0.4 is 0 Å². The van der Waals surface area contributed by atoms with Crippen LogP contribution in [0.2, 0.25) is 0 Å². The second-order valence-electron chi connectivity index (χ2n) is 4.57. The zero-order valence-corrected chi connectivity index (χ0v) is 12.2. The Morgan fingerprint density at radius 2 is 2.00 bits per heavy atom. The highest BCUT2D eigenvalue weighted by Gasteiger charge is 2.15. The highest BCUT2D eigenvalue weighted by molar-refractivity contribution is 6.01. The third kappa shape index (κ3) is 3.31. The van der Waals surface area contributed by atoms with E-state index in [9.17, 15) is 9.90 Å². The summed E-state index contributed by atoms with van der Waals surface area (Å²) in [5, 5.41) is 11.8. The summed E-state index contributed by atoms with van der Waals surface area (Å²) in [6, 6.07) is 10.7. The van der Waals surface area contributed by atoms with Crippen LogP contribution in [0.3, 0.4) is 0 Å². The molecule has 0 saturated carbocycles. The van der Waals surface area contributed by atoms with Crippen LogP contribution in [0.4, 0.5) is 0 Å². The van der Waals surface area contributed by atoms with E-state index in [1.807, 2.05) is 31.2 Å². The Kier molecular flexibility index (Phi) is 4.77. The lowest BCUT2D eigenvalue weighted by Gasteiger charge is -2.08. The van der Waals surface area contributed by atoms with Crippen LogP contribution >= 0.6 is 0 Å². The standard InChI is InChI=1S/C18H18O3/c1-3-5-9-14(4-2)21-18(20)16-12-11-13-8-6-7-10-15(13)17(16)19/h4-12,19H,3H2,1-2H3/b9-5-,14-4+. The molecule has 3 nitrogen and oxygen atoms in total. The molecule has 0 saturated heterocycles. The van der Waals surface area contributed by atoms with Crippen LogP contribution in [0.5, 0.6) is 5.75 Å². The van der Waals surface area contributed by atoms with Gasteiger partial charge in [0.1, 0.15) is 17.1 Å². The SMILES string of the molecule is C/C=C(\C=C/CC)OC(=O)c1ccc2ccccc2c1O. The van der Waals surface area contributed by atoms with Crippen molar-refractivity contribution in [3.63, 3.8) is 0 Å². The Hall–Kier alpha value is -2.55. The average Bonchev–Trinajstić information content (AvgIpc) is 2.51. The number of phenolic OH excluding ortho intramolecular Hbond substituents is 1. The zero-order valence-electron chi connectivity index (χ0n) is 12.2. The fourth-order valence-corrected chi connectivity index (χ4v) is 2.01. The van der Waals surface area contributed by atoms with Crippen LogP contribution in [-0.4, -0.2) is 11.1 Å². The highest BCUT2D eigenvalue weighted by Crippen LogP contribution is 2.29. The molecule has 1 N–H and O–H groups in total. The molecule has 2 aromatic carbocycles. The maximum absolute atomic E-state index is 12.2. The quantitative estimate of drug-likeness (QED) is 0.507. The number of ether oxygens (including phenoxy) is 1. The first-order valence-electron chi connectivity index (χ1n) is 6.93. The van der Waals surface area contributed by atoms with Crippen molar-refractivity contribution >= 4 is 16.7 Å². The van der Waals surface area contributed by atoms with Gasteiger partial charge in [0.2, 0.25) is 0 Å². The monoisotopic (exact) mass is 282 g/mol. The van der Waals surface area contributed by atoms with Gasteiger partial charge in [-0.25, -0.2) is 4.79 Å². The maximum Gasteiger partial charge on any atom is 0.347 e. The maximum atomic E-state index is 12.2. The van der Waals surface area contributed by atoms with E-state index in [0.29, 0.717) is 11.1 Å². The predicted octanol–water partition coefficient (Wildman–Crippen LogP) is 4.57. The van der Waals surface area contributed by atoms with E-state index < -0.39 is 5.97 Å². The molecule has 0 aliphatic heterocycles. The van der Waals surface area contributed by atoms with E-state index in [4.69, 9.17) is 4.74 Å². The first-order valence-corrected chi connectivity index (χ1v) is 6.93. The van der Waals surface area contributed by atoms with Crippen LogP contribution in [0.25, 0.3) is 10.8 Å². The first-order chi connectivity index (χ1) is 10.2. The van der Waals surface area contributed by atoms with Gasteiger partial charge < -0.3 is 9.84 Å². The number of esters is 1. The largest absolute Gasteiger partial charge is 0.506 e. The normalized spacial score (nSPS) is 12.0. The fraction of sp³-hybridized carbons (Fsp3) is 0.167. The summed E-state index contributed by atoms with van der Waals surface area (Å²) < 4.78 is 5.29. The number of benzene rings is 2. The van der Waals surface area contributed by atoms with Crippen molar-refractivity contribution in [1.82, 2.24) is 0 Å². The molecule has 0 aliphatic carbocycles. The van der Waals surface area contributed by atoms with E-state index in [2.05, 4.69) is 0 Å². The summed E-state index contributed by atoms with van der Waals surface area (Å²) >= 11 is 0. The number of hydrogen-bond donors (Lipinski definition) is 1. The Morgan fingerprint density at radius 1 is 1.24 bits per heavy atom. The molecular weight excluding hydrogens is 264 g/mol. The predicted molar refractivity (Wildman–Crippen MR) is 84.2 cm³/mol. The number of carbonyl (C=O) groups excluding carboxylic acids is 1. The lowest BCUT2D eigenvalue weighted by atomic mass is 10.1. The van der Waals surface area contributed by atoms with E-state index in [0.717, 1.165) is 11.8 Å².